The van der Waals surface area contributed by atoms with Gasteiger partial charge in [0.25, 0.3) is 0 Å². The Bertz CT molecular complexity index is 684. The van der Waals surface area contributed by atoms with Crippen molar-refractivity contribution in [3.05, 3.63) is 59.6 Å². The topological polar surface area (TPSA) is 26.8 Å². The lowest BCUT2D eigenvalue weighted by molar-refractivity contribution is -0.129. The van der Waals surface area contributed by atoms with Crippen molar-refractivity contribution in [3.8, 4) is 0 Å². The first-order valence-corrected chi connectivity index (χ1v) is 8.56. The summed E-state index contributed by atoms with van der Waals surface area (Å²) in [6.07, 6.45) is 0. The third-order valence-electron chi connectivity index (χ3n) is 4.38. The van der Waals surface area contributed by atoms with Crippen LogP contribution in [0.4, 0.5) is 11.4 Å². The predicted octanol–water partition coefficient (Wildman–Crippen LogP) is 3.13. The molecule has 1 fully saturated rings. The fraction of sp³-hybridized carbons (Fsp3) is 0.316. The van der Waals surface area contributed by atoms with Gasteiger partial charge in [0, 0.05) is 49.6 Å². The molecule has 2 aromatic carbocycles. The monoisotopic (exact) mass is 343 g/mol. The minimum atomic E-state index is 0.173. The number of hydrogen-bond acceptors (Lipinski definition) is 3. The van der Waals surface area contributed by atoms with Crippen LogP contribution in [0.2, 0.25) is 5.02 Å². The number of para-hydroxylation sites is 1. The van der Waals surface area contributed by atoms with Crippen LogP contribution in [0.3, 0.4) is 0 Å². The summed E-state index contributed by atoms with van der Waals surface area (Å²) in [5, 5.41) is 0.746. The van der Waals surface area contributed by atoms with E-state index in [0.717, 1.165) is 42.6 Å². The van der Waals surface area contributed by atoms with Crippen LogP contribution in [0.5, 0.6) is 0 Å². The van der Waals surface area contributed by atoms with Crippen molar-refractivity contribution in [2.24, 2.45) is 0 Å². The van der Waals surface area contributed by atoms with Crippen molar-refractivity contribution in [2.75, 3.05) is 49.6 Å². The Morgan fingerprint density at radius 1 is 1.04 bits per heavy atom. The van der Waals surface area contributed by atoms with Crippen LogP contribution in [-0.2, 0) is 4.79 Å². The Morgan fingerprint density at radius 2 is 1.75 bits per heavy atom. The molecule has 2 aromatic rings. The van der Waals surface area contributed by atoms with Crippen LogP contribution in [0.15, 0.2) is 54.6 Å². The van der Waals surface area contributed by atoms with E-state index in [1.54, 1.807) is 0 Å². The van der Waals surface area contributed by atoms with Gasteiger partial charge >= 0.3 is 0 Å². The van der Waals surface area contributed by atoms with Crippen molar-refractivity contribution < 1.29 is 4.79 Å². The second-order valence-electron chi connectivity index (χ2n) is 6.04. The Hall–Kier alpha value is -2.20. The van der Waals surface area contributed by atoms with Gasteiger partial charge in [-0.3, -0.25) is 4.79 Å². The standard InChI is InChI=1S/C19H22ClN3O/c1-21(17-7-3-2-4-8-17)15-19(24)23-12-10-22(11-13-23)18-9-5-6-16(20)14-18/h2-9,14H,10-13,15H2,1H3. The lowest BCUT2D eigenvalue weighted by Crippen LogP contribution is -2.51. The molecular formula is C19H22ClN3O. The molecule has 1 amide bonds. The molecule has 0 aromatic heterocycles. The molecule has 1 aliphatic rings. The minimum Gasteiger partial charge on any atom is -0.368 e. The molecule has 1 aliphatic heterocycles. The molecule has 0 saturated carbocycles. The van der Waals surface area contributed by atoms with E-state index in [1.165, 1.54) is 0 Å². The lowest BCUT2D eigenvalue weighted by Gasteiger charge is -2.37. The van der Waals surface area contributed by atoms with Crippen molar-refractivity contribution in [2.45, 2.75) is 0 Å². The molecule has 3 rings (SSSR count). The number of hydrogen-bond donors (Lipinski definition) is 0. The van der Waals surface area contributed by atoms with Crippen LogP contribution >= 0.6 is 11.6 Å². The molecule has 0 atom stereocenters. The van der Waals surface area contributed by atoms with Crippen molar-refractivity contribution >= 4 is 28.9 Å². The number of carbonyl (C=O) groups is 1. The molecule has 24 heavy (non-hydrogen) atoms. The average molecular weight is 344 g/mol. The van der Waals surface area contributed by atoms with Crippen LogP contribution in [-0.4, -0.2) is 50.6 Å². The molecule has 4 nitrogen and oxygen atoms in total. The Morgan fingerprint density at radius 3 is 2.42 bits per heavy atom. The van der Waals surface area contributed by atoms with Gasteiger partial charge < -0.3 is 14.7 Å². The third kappa shape index (κ3) is 4.01. The maximum Gasteiger partial charge on any atom is 0.242 e. The van der Waals surface area contributed by atoms with E-state index in [-0.39, 0.29) is 5.91 Å². The highest BCUT2D eigenvalue weighted by Crippen LogP contribution is 2.21. The van der Waals surface area contributed by atoms with Gasteiger partial charge in [-0.05, 0) is 30.3 Å². The van der Waals surface area contributed by atoms with E-state index in [2.05, 4.69) is 11.0 Å². The fourth-order valence-electron chi connectivity index (χ4n) is 2.96. The quantitative estimate of drug-likeness (QED) is 0.853. The zero-order valence-corrected chi connectivity index (χ0v) is 14.6. The van der Waals surface area contributed by atoms with Gasteiger partial charge in [-0.15, -0.1) is 0 Å². The summed E-state index contributed by atoms with van der Waals surface area (Å²) in [6.45, 7) is 3.56. The molecule has 0 aliphatic carbocycles. The first kappa shape index (κ1) is 16.7. The highest BCUT2D eigenvalue weighted by molar-refractivity contribution is 6.30. The summed E-state index contributed by atoms with van der Waals surface area (Å²) < 4.78 is 0. The van der Waals surface area contributed by atoms with Crippen LogP contribution in [0, 0.1) is 0 Å². The summed E-state index contributed by atoms with van der Waals surface area (Å²) in [5.41, 5.74) is 2.18. The molecule has 1 saturated heterocycles. The zero-order valence-electron chi connectivity index (χ0n) is 13.9. The second kappa shape index (κ2) is 7.58. The summed E-state index contributed by atoms with van der Waals surface area (Å²) in [4.78, 5) is 18.7. The maximum atomic E-state index is 12.5. The van der Waals surface area contributed by atoms with Gasteiger partial charge in [0.2, 0.25) is 5.91 Å². The van der Waals surface area contributed by atoms with Gasteiger partial charge in [0.15, 0.2) is 0 Å². The number of rotatable bonds is 4. The average Bonchev–Trinajstić information content (AvgIpc) is 2.62. The van der Waals surface area contributed by atoms with E-state index >= 15 is 0 Å². The first-order valence-electron chi connectivity index (χ1n) is 8.18. The highest BCUT2D eigenvalue weighted by Gasteiger charge is 2.22. The van der Waals surface area contributed by atoms with Gasteiger partial charge in [-0.2, -0.15) is 0 Å². The van der Waals surface area contributed by atoms with Crippen LogP contribution < -0.4 is 9.80 Å². The smallest absolute Gasteiger partial charge is 0.242 e. The summed E-state index contributed by atoms with van der Waals surface area (Å²) in [5.74, 6) is 0.173. The predicted molar refractivity (Wildman–Crippen MR) is 100.0 cm³/mol. The molecule has 0 N–H and O–H groups in total. The maximum absolute atomic E-state index is 12.5. The summed E-state index contributed by atoms with van der Waals surface area (Å²) in [6, 6.07) is 17.9. The number of likely N-dealkylation sites (N-methyl/N-ethyl adjacent to an activating group) is 1. The van der Waals surface area contributed by atoms with Gasteiger partial charge in [0.05, 0.1) is 6.54 Å². The number of amides is 1. The van der Waals surface area contributed by atoms with E-state index in [0.29, 0.717) is 6.54 Å². The number of halogens is 1. The van der Waals surface area contributed by atoms with Gasteiger partial charge in [-0.25, -0.2) is 0 Å². The van der Waals surface area contributed by atoms with Crippen molar-refractivity contribution in [1.82, 2.24) is 4.90 Å². The normalized spacial score (nSPS) is 14.6. The Kier molecular flexibility index (Phi) is 5.26. The molecule has 126 valence electrons. The molecule has 0 radical (unpaired) electrons. The first-order chi connectivity index (χ1) is 11.6. The SMILES string of the molecule is CN(CC(=O)N1CCN(c2cccc(Cl)c2)CC1)c1ccccc1. The van der Waals surface area contributed by atoms with Crippen molar-refractivity contribution in [1.29, 1.82) is 0 Å². The van der Waals surface area contributed by atoms with E-state index in [4.69, 9.17) is 11.6 Å². The molecule has 0 bridgehead atoms. The largest absolute Gasteiger partial charge is 0.368 e. The number of carbonyl (C=O) groups excluding carboxylic acids is 1. The minimum absolute atomic E-state index is 0.173. The molecular weight excluding hydrogens is 322 g/mol. The van der Waals surface area contributed by atoms with Gasteiger partial charge in [-0.1, -0.05) is 35.9 Å². The lowest BCUT2D eigenvalue weighted by atomic mass is 10.2. The number of piperazine rings is 1. The van der Waals surface area contributed by atoms with Crippen LogP contribution in [0.25, 0.3) is 0 Å². The molecule has 0 spiro atoms. The number of anilines is 2. The molecule has 0 unspecified atom stereocenters. The Balaban J connectivity index is 1.53. The van der Waals surface area contributed by atoms with Crippen molar-refractivity contribution in [3.63, 3.8) is 0 Å². The molecule has 5 heteroatoms. The third-order valence-corrected chi connectivity index (χ3v) is 4.61. The fourth-order valence-corrected chi connectivity index (χ4v) is 3.15. The van der Waals surface area contributed by atoms with E-state index < -0.39 is 0 Å². The zero-order chi connectivity index (χ0) is 16.9. The Labute approximate surface area is 148 Å². The summed E-state index contributed by atoms with van der Waals surface area (Å²) >= 11 is 6.06. The summed E-state index contributed by atoms with van der Waals surface area (Å²) in [7, 11) is 1.95. The van der Waals surface area contributed by atoms with E-state index in [1.807, 2.05) is 65.4 Å². The highest BCUT2D eigenvalue weighted by atomic mass is 35.5. The number of benzene rings is 2. The van der Waals surface area contributed by atoms with Crippen LogP contribution in [0.1, 0.15) is 0 Å². The van der Waals surface area contributed by atoms with Gasteiger partial charge in [0.1, 0.15) is 0 Å². The number of nitrogens with zero attached hydrogens (tertiary/aromatic N) is 3. The molecule has 1 heterocycles. The van der Waals surface area contributed by atoms with E-state index in [9.17, 15) is 4.79 Å². The second-order valence-corrected chi connectivity index (χ2v) is 6.48.